The van der Waals surface area contributed by atoms with Gasteiger partial charge in [0.2, 0.25) is 0 Å². The Balaban J connectivity index is 1.97. The van der Waals surface area contributed by atoms with Crippen LogP contribution in [0.1, 0.15) is 50.5 Å². The van der Waals surface area contributed by atoms with Crippen molar-refractivity contribution in [2.45, 2.75) is 25.3 Å². The molecule has 7 nitrogen and oxygen atoms in total. The average Bonchev–Trinajstić information content (AvgIpc) is 3.45. The highest BCUT2D eigenvalue weighted by Crippen LogP contribution is 2.21. The van der Waals surface area contributed by atoms with Crippen LogP contribution in [0.5, 0.6) is 0 Å². The molecule has 7 heteroatoms. The Morgan fingerprint density at radius 3 is 2.73 bits per heavy atom. The molecule has 0 radical (unpaired) electrons. The molecule has 0 bridgehead atoms. The standard InChI is InChI=1S/C19H21N5O2/c1-22-19(26)17-9-12(18(25)24-13-5-6-13)8-14(23-17)7-11-3-2-4-16(21)15(11)10-20/h2-4,8-10,13,20H,5-7,21H2,1H3,(H,22,26)(H,24,25). The van der Waals surface area contributed by atoms with E-state index in [0.717, 1.165) is 18.4 Å². The van der Waals surface area contributed by atoms with E-state index in [2.05, 4.69) is 15.6 Å². The Kier molecular flexibility index (Phi) is 4.97. The molecule has 2 aromatic rings. The van der Waals surface area contributed by atoms with Crippen LogP contribution in [0.25, 0.3) is 0 Å². The number of carbonyl (C=O) groups is 2. The monoisotopic (exact) mass is 351 g/mol. The van der Waals surface area contributed by atoms with E-state index in [1.165, 1.54) is 19.3 Å². The van der Waals surface area contributed by atoms with Crippen LogP contribution in [0, 0.1) is 5.41 Å². The van der Waals surface area contributed by atoms with Gasteiger partial charge in [-0.15, -0.1) is 0 Å². The molecule has 3 rings (SSSR count). The summed E-state index contributed by atoms with van der Waals surface area (Å²) in [7, 11) is 1.52. The predicted molar refractivity (Wildman–Crippen MR) is 99.7 cm³/mol. The highest BCUT2D eigenvalue weighted by molar-refractivity contribution is 5.99. The second kappa shape index (κ2) is 7.35. The van der Waals surface area contributed by atoms with Gasteiger partial charge in [-0.2, -0.15) is 0 Å². The summed E-state index contributed by atoms with van der Waals surface area (Å²) in [6.07, 6.45) is 3.54. The van der Waals surface area contributed by atoms with Gasteiger partial charge in [0.1, 0.15) is 5.69 Å². The smallest absolute Gasteiger partial charge is 0.269 e. The zero-order chi connectivity index (χ0) is 18.7. The van der Waals surface area contributed by atoms with Crippen molar-refractivity contribution in [3.05, 3.63) is 58.4 Å². The lowest BCUT2D eigenvalue weighted by atomic mass is 10.0. The minimum atomic E-state index is -0.354. The lowest BCUT2D eigenvalue weighted by Crippen LogP contribution is -2.27. The first kappa shape index (κ1) is 17.6. The van der Waals surface area contributed by atoms with Gasteiger partial charge in [-0.1, -0.05) is 12.1 Å². The number of nitrogens with one attached hydrogen (secondary N) is 3. The molecule has 1 aliphatic carbocycles. The summed E-state index contributed by atoms with van der Waals surface area (Å²) in [6.45, 7) is 0. The lowest BCUT2D eigenvalue weighted by molar-refractivity contribution is 0.0951. The largest absolute Gasteiger partial charge is 0.398 e. The molecule has 1 saturated carbocycles. The van der Waals surface area contributed by atoms with Crippen molar-refractivity contribution in [3.63, 3.8) is 0 Å². The summed E-state index contributed by atoms with van der Waals surface area (Å²) in [4.78, 5) is 28.8. The number of nitrogens with zero attached hydrogens (tertiary/aromatic N) is 1. The van der Waals surface area contributed by atoms with Crippen molar-refractivity contribution in [3.8, 4) is 0 Å². The third-order valence-corrected chi connectivity index (χ3v) is 4.26. The van der Waals surface area contributed by atoms with Gasteiger partial charge in [-0.3, -0.25) is 9.59 Å². The number of nitrogen functional groups attached to an aromatic ring is 1. The van der Waals surface area contributed by atoms with E-state index in [1.54, 1.807) is 18.2 Å². The van der Waals surface area contributed by atoms with Gasteiger partial charge >= 0.3 is 0 Å². The lowest BCUT2D eigenvalue weighted by Gasteiger charge is -2.11. The number of nitrogens with two attached hydrogens (primary N) is 1. The third kappa shape index (κ3) is 3.88. The first-order valence-electron chi connectivity index (χ1n) is 8.43. The van der Waals surface area contributed by atoms with Crippen LogP contribution < -0.4 is 16.4 Å². The van der Waals surface area contributed by atoms with Crippen LogP contribution in [-0.4, -0.2) is 36.1 Å². The number of aromatic nitrogens is 1. The van der Waals surface area contributed by atoms with Crippen LogP contribution in [0.2, 0.25) is 0 Å². The van der Waals surface area contributed by atoms with Crippen molar-refractivity contribution < 1.29 is 9.59 Å². The highest BCUT2D eigenvalue weighted by Gasteiger charge is 2.24. The molecule has 0 saturated heterocycles. The SMILES string of the molecule is CNC(=O)c1cc(C(=O)NC2CC2)cc(Cc2cccc(N)c2C=N)n1. The highest BCUT2D eigenvalue weighted by atomic mass is 16.2. The van der Waals surface area contributed by atoms with Crippen molar-refractivity contribution in [1.29, 1.82) is 5.41 Å². The first-order valence-corrected chi connectivity index (χ1v) is 8.43. The Bertz CT molecular complexity index is 874. The molecule has 2 amide bonds. The van der Waals surface area contributed by atoms with Crippen LogP contribution in [0.15, 0.2) is 30.3 Å². The molecule has 1 aliphatic rings. The molecule has 1 aromatic heterocycles. The number of benzene rings is 1. The summed E-state index contributed by atoms with van der Waals surface area (Å²) >= 11 is 0. The van der Waals surface area contributed by atoms with Crippen LogP contribution in [0.4, 0.5) is 5.69 Å². The fraction of sp³-hybridized carbons (Fsp3) is 0.263. The van der Waals surface area contributed by atoms with Crippen molar-refractivity contribution in [2.24, 2.45) is 0 Å². The predicted octanol–water partition coefficient (Wildman–Crippen LogP) is 1.50. The maximum atomic E-state index is 12.4. The molecule has 134 valence electrons. The summed E-state index contributed by atoms with van der Waals surface area (Å²) in [6, 6.07) is 8.79. The molecular formula is C19H21N5O2. The molecule has 5 N–H and O–H groups in total. The minimum Gasteiger partial charge on any atom is -0.398 e. The van der Waals surface area contributed by atoms with E-state index in [9.17, 15) is 9.59 Å². The molecular weight excluding hydrogens is 330 g/mol. The Labute approximate surface area is 151 Å². The number of hydrogen-bond donors (Lipinski definition) is 4. The topological polar surface area (TPSA) is 121 Å². The molecule has 1 fully saturated rings. The number of hydrogen-bond acceptors (Lipinski definition) is 5. The number of rotatable bonds is 6. The van der Waals surface area contributed by atoms with Gasteiger partial charge in [0.25, 0.3) is 11.8 Å². The second-order valence-corrected chi connectivity index (χ2v) is 6.30. The normalized spacial score (nSPS) is 13.1. The molecule has 0 aliphatic heterocycles. The zero-order valence-corrected chi connectivity index (χ0v) is 14.5. The minimum absolute atomic E-state index is 0.186. The molecule has 1 heterocycles. The van der Waals surface area contributed by atoms with E-state index in [4.69, 9.17) is 11.1 Å². The van der Waals surface area contributed by atoms with Crippen molar-refractivity contribution in [1.82, 2.24) is 15.6 Å². The zero-order valence-electron chi connectivity index (χ0n) is 14.5. The fourth-order valence-electron chi connectivity index (χ4n) is 2.71. The number of amides is 2. The van der Waals surface area contributed by atoms with Gasteiger partial charge in [-0.05, 0) is 36.6 Å². The van der Waals surface area contributed by atoms with Crippen molar-refractivity contribution >= 4 is 23.7 Å². The second-order valence-electron chi connectivity index (χ2n) is 6.30. The third-order valence-electron chi connectivity index (χ3n) is 4.26. The van der Waals surface area contributed by atoms with Crippen molar-refractivity contribution in [2.75, 3.05) is 12.8 Å². The summed E-state index contributed by atoms with van der Waals surface area (Å²) < 4.78 is 0. The Morgan fingerprint density at radius 2 is 2.08 bits per heavy atom. The van der Waals surface area contributed by atoms with Gasteiger partial charge in [0.15, 0.2) is 0 Å². The van der Waals surface area contributed by atoms with E-state index in [0.29, 0.717) is 28.9 Å². The van der Waals surface area contributed by atoms with Crippen LogP contribution in [0.3, 0.4) is 0 Å². The Hall–Kier alpha value is -3.22. The van der Waals surface area contributed by atoms with Crippen LogP contribution >= 0.6 is 0 Å². The first-order chi connectivity index (χ1) is 12.5. The maximum Gasteiger partial charge on any atom is 0.269 e. The van der Waals surface area contributed by atoms with E-state index in [-0.39, 0.29) is 23.6 Å². The number of anilines is 1. The van der Waals surface area contributed by atoms with Crippen LogP contribution in [-0.2, 0) is 6.42 Å². The maximum absolute atomic E-state index is 12.4. The molecule has 0 atom stereocenters. The van der Waals surface area contributed by atoms with E-state index < -0.39 is 0 Å². The Morgan fingerprint density at radius 1 is 1.31 bits per heavy atom. The van der Waals surface area contributed by atoms with Gasteiger partial charge in [0, 0.05) is 48.2 Å². The molecule has 0 spiro atoms. The van der Waals surface area contributed by atoms with E-state index in [1.807, 2.05) is 6.07 Å². The summed E-state index contributed by atoms with van der Waals surface area (Å²) in [5, 5.41) is 13.0. The van der Waals surface area contributed by atoms with E-state index >= 15 is 0 Å². The van der Waals surface area contributed by atoms with Gasteiger partial charge < -0.3 is 21.8 Å². The quantitative estimate of drug-likeness (QED) is 0.465. The molecule has 1 aromatic carbocycles. The number of carbonyl (C=O) groups excluding carboxylic acids is 2. The summed E-state index contributed by atoms with van der Waals surface area (Å²) in [5.74, 6) is -0.562. The van der Waals surface area contributed by atoms with Gasteiger partial charge in [-0.25, -0.2) is 4.98 Å². The molecule has 0 unspecified atom stereocenters. The average molecular weight is 351 g/mol. The number of pyridine rings is 1. The summed E-state index contributed by atoms with van der Waals surface area (Å²) in [5.41, 5.74) is 9.02. The fourth-order valence-corrected chi connectivity index (χ4v) is 2.71. The van der Waals surface area contributed by atoms with Gasteiger partial charge in [0.05, 0.1) is 0 Å². The molecule has 26 heavy (non-hydrogen) atoms.